The van der Waals surface area contributed by atoms with E-state index in [-0.39, 0.29) is 0 Å². The van der Waals surface area contributed by atoms with Gasteiger partial charge in [0.1, 0.15) is 54.1 Å². The van der Waals surface area contributed by atoms with Crippen LogP contribution in [0.5, 0.6) is 0 Å². The van der Waals surface area contributed by atoms with E-state index in [1.165, 1.54) is 0 Å². The van der Waals surface area contributed by atoms with Gasteiger partial charge in [-0.05, 0) is 329 Å². The molecule has 10 unspecified atom stereocenters. The Kier molecular flexibility index (Phi) is 5.55. The minimum Gasteiger partial charge on any atom is -0.169 e. The molecule has 10 atom stereocenters. The van der Waals surface area contributed by atoms with Gasteiger partial charge in [-0.25, -0.2) is 0 Å². The molecular weight excluding hydrogens is 1530 g/mol. The maximum atomic E-state index is 19.9. The lowest BCUT2D eigenvalue weighted by molar-refractivity contribution is -0.201. The standard InChI is InChI=1S/C80F30/c81-71(82,83)61-32-19-22-18-23-25-24(19)44(61)54-56-47(25)67(77(99,100)101)42(23)49-30-27-31-52-59-58-48(27)68(49,78(102,103)104)57-46-21-16-8-4-1-2-5-9-10-6(2)14-12(4)38(40(16)66(46,58)76(96,97)98)64(59,74(90,91)92)41(14)50-28(10)34-26(29(32)51-43(22)62(33(18)30,72(84,85)86)53(31)60(69(34,51)79(105,106)107)70(50,52)80(108,109)110)17(9)35(61)36-13(5)11-3(1)7(8)15-20(21)45(55(57)67)65(56,75(93,94)95)39(15)37(11)63(36,54)73(87,88)89. The van der Waals surface area contributed by atoms with Crippen LogP contribution in [-0.2, 0) is 54.1 Å². The molecule has 0 saturated carbocycles. The van der Waals surface area contributed by atoms with Crippen molar-refractivity contribution in [1.82, 2.24) is 0 Å². The molecule has 21 aliphatic carbocycles. The molecular formula is C80F30. The monoisotopic (exact) mass is 1530 g/mol. The molecule has 0 radical (unpaired) electrons. The lowest BCUT2D eigenvalue weighted by Crippen LogP contribution is -2.67. The number of benzene rings is 14. The minimum absolute atomic E-state index is 0.746. The highest BCUT2D eigenvalue weighted by Crippen LogP contribution is 2.99. The van der Waals surface area contributed by atoms with Gasteiger partial charge in [0.2, 0.25) is 0 Å². The number of halogens is 30. The second-order valence-electron chi connectivity index (χ2n) is 35.0. The molecule has 16 aromatic carbocycles. The quantitative estimate of drug-likeness (QED) is 0.105. The predicted molar refractivity (Wildman–Crippen MR) is 321 cm³/mol. The molecule has 0 aliphatic heterocycles. The first-order valence-corrected chi connectivity index (χ1v) is 34.4. The Labute approximate surface area is 574 Å². The van der Waals surface area contributed by atoms with Gasteiger partial charge in [-0.2, -0.15) is 132 Å². The molecule has 37 rings (SSSR count). The first-order valence-electron chi connectivity index (χ1n) is 34.4. The Balaban J connectivity index is 1.08. The van der Waals surface area contributed by atoms with Crippen molar-refractivity contribution in [1.29, 1.82) is 0 Å². The summed E-state index contributed by atoms with van der Waals surface area (Å²) < 4.78 is 595. The largest absolute Gasteiger partial charge is 0.406 e. The van der Waals surface area contributed by atoms with E-state index in [2.05, 4.69) is 0 Å². The van der Waals surface area contributed by atoms with Crippen LogP contribution in [-0.4, -0.2) is 61.8 Å². The Hall–Kier alpha value is -9.90. The first-order chi connectivity index (χ1) is 51.2. The summed E-state index contributed by atoms with van der Waals surface area (Å²) in [6.45, 7) is 0. The summed E-state index contributed by atoms with van der Waals surface area (Å²) >= 11 is 0. The van der Waals surface area contributed by atoms with E-state index in [9.17, 15) is 0 Å². The molecule has 0 saturated heterocycles. The highest BCUT2D eigenvalue weighted by atomic mass is 19.4. The van der Waals surface area contributed by atoms with Crippen molar-refractivity contribution in [3.63, 3.8) is 0 Å². The van der Waals surface area contributed by atoms with Crippen molar-refractivity contribution in [2.75, 3.05) is 0 Å². The summed E-state index contributed by atoms with van der Waals surface area (Å²) in [5.74, 6) is 0. The van der Waals surface area contributed by atoms with E-state index in [0.717, 1.165) is 0 Å². The van der Waals surface area contributed by atoms with Crippen molar-refractivity contribution < 1.29 is 132 Å². The summed E-state index contributed by atoms with van der Waals surface area (Å²) in [5, 5.41) is -34.2. The molecule has 0 N–H and O–H groups in total. The summed E-state index contributed by atoms with van der Waals surface area (Å²) in [6.07, 6.45) is -69.1. The number of alkyl halides is 30. The SMILES string of the molecule is FC(F)(F)C12C3=C4c5c6c7c8c9c5C3(C(F)(F)F)c3c5c%10c%11c(c%12c%13c%14c(c%15c%16c%17c%14c%14c%18c%19c%20c%21c%22c%23c%24c(c1c3c1c%24c%21c(c%101)c1c%11c%13c%14c%201)-c1c2c2c3c%10c(c-6c(c6c%10c%10c(c(c(c%11c%10c3c1C%23%11C(F)(F)F)C%22%19C(F)(F)F)C%17%18C(F)(F)F)C%166C(F)(F)F)C7%15C(F)(F)F)C42C(F)(F)F)C8%12C(F)(F)F)C95C(F)(F)F. The second-order valence-corrected chi connectivity index (χ2v) is 35.0. The molecule has 0 fully saturated rings. The summed E-state index contributed by atoms with van der Waals surface area (Å²) in [4.78, 5) is 0. The second kappa shape index (κ2) is 11.3. The van der Waals surface area contributed by atoms with Crippen LogP contribution < -0.4 is 0 Å². The average Bonchev–Trinajstić information content (AvgIpc) is 1.36. The van der Waals surface area contributed by atoms with E-state index < -0.39 is 445 Å². The van der Waals surface area contributed by atoms with Crippen LogP contribution in [0.15, 0.2) is 5.57 Å². The number of hydrogen-bond acceptors (Lipinski definition) is 0. The van der Waals surface area contributed by atoms with Gasteiger partial charge in [0.25, 0.3) is 0 Å². The zero-order chi connectivity index (χ0) is 74.6. The fourth-order valence-electron chi connectivity index (χ4n) is 34.3. The zero-order valence-electron chi connectivity index (χ0n) is 51.3. The third-order valence-electron chi connectivity index (χ3n) is 34.3. The molecule has 0 nitrogen and oxygen atoms in total. The van der Waals surface area contributed by atoms with Gasteiger partial charge < -0.3 is 0 Å². The van der Waals surface area contributed by atoms with Gasteiger partial charge in [0.15, 0.2) is 0 Å². The van der Waals surface area contributed by atoms with Crippen LogP contribution in [0.2, 0.25) is 0 Å². The van der Waals surface area contributed by atoms with Gasteiger partial charge in [0, 0.05) is 0 Å². The molecule has 30 heteroatoms. The van der Waals surface area contributed by atoms with Crippen molar-refractivity contribution >= 4 is 146 Å². The van der Waals surface area contributed by atoms with Crippen LogP contribution >= 0.6 is 0 Å². The van der Waals surface area contributed by atoms with E-state index in [1.54, 1.807) is 0 Å². The van der Waals surface area contributed by atoms with E-state index >= 15 is 132 Å². The van der Waals surface area contributed by atoms with Crippen LogP contribution in [0.3, 0.4) is 0 Å². The fourth-order valence-corrected chi connectivity index (χ4v) is 34.3. The molecule has 16 aromatic rings. The van der Waals surface area contributed by atoms with Crippen molar-refractivity contribution in [3.8, 4) is 22.3 Å². The molecule has 0 spiro atoms. The molecule has 21 aliphatic rings. The van der Waals surface area contributed by atoms with Gasteiger partial charge in [-0.3, -0.25) is 0 Å². The molecule has 0 heterocycles. The summed E-state index contributed by atoms with van der Waals surface area (Å²) in [7, 11) is 0. The first kappa shape index (κ1) is 53.9. The molecule has 0 bridgehead atoms. The van der Waals surface area contributed by atoms with Crippen LogP contribution in [0.1, 0.15) is 156 Å². The molecule has 110 heavy (non-hydrogen) atoms. The van der Waals surface area contributed by atoms with Crippen LogP contribution in [0.4, 0.5) is 132 Å². The topological polar surface area (TPSA) is 0 Å². The van der Waals surface area contributed by atoms with E-state index in [4.69, 9.17) is 0 Å². The van der Waals surface area contributed by atoms with Gasteiger partial charge in [-0.15, -0.1) is 0 Å². The normalized spacial score (nSPS) is 32.8. The van der Waals surface area contributed by atoms with Crippen LogP contribution in [0.25, 0.3) is 168 Å². The zero-order valence-corrected chi connectivity index (χ0v) is 51.3. The summed E-state index contributed by atoms with van der Waals surface area (Å²) in [6, 6.07) is 0. The maximum Gasteiger partial charge on any atom is 0.406 e. The fraction of sp³-hybridized carbons (Fsp3) is 0.250. The van der Waals surface area contributed by atoms with Crippen LogP contribution in [0, 0.1) is 0 Å². The molecule has 530 valence electrons. The molecule has 0 aromatic heterocycles. The van der Waals surface area contributed by atoms with Crippen molar-refractivity contribution in [2.45, 2.75) is 116 Å². The third kappa shape index (κ3) is 2.95. The summed E-state index contributed by atoms with van der Waals surface area (Å²) in [5.41, 5.74) is -127. The average molecular weight is 1530 g/mol. The van der Waals surface area contributed by atoms with Gasteiger partial charge in [-0.1, -0.05) is 0 Å². The Morgan fingerprint density at radius 1 is 0.109 bits per heavy atom. The van der Waals surface area contributed by atoms with Gasteiger partial charge >= 0.3 is 61.8 Å². The number of rotatable bonds is 0. The maximum absolute atomic E-state index is 19.9. The highest BCUT2D eigenvalue weighted by Gasteiger charge is 2.97. The van der Waals surface area contributed by atoms with Crippen molar-refractivity contribution in [3.05, 3.63) is 161 Å². The third-order valence-corrected chi connectivity index (χ3v) is 34.3. The molecule has 0 amide bonds. The Morgan fingerprint density at radius 2 is 0.273 bits per heavy atom. The van der Waals surface area contributed by atoms with E-state index in [1.807, 2.05) is 0 Å². The smallest absolute Gasteiger partial charge is 0.169 e. The number of hydrogen-bond donors (Lipinski definition) is 0. The van der Waals surface area contributed by atoms with E-state index in [0.29, 0.717) is 0 Å². The predicted octanol–water partition coefficient (Wildman–Crippen LogP) is 22.6. The minimum atomic E-state index is -7.11. The number of allylic oxidation sites excluding steroid dienone is 2. The van der Waals surface area contributed by atoms with Gasteiger partial charge in [0.05, 0.1) is 0 Å². The lowest BCUT2D eigenvalue weighted by Gasteiger charge is -2.62. The Bertz CT molecular complexity index is 8670. The highest BCUT2D eigenvalue weighted by molar-refractivity contribution is 6.65. The van der Waals surface area contributed by atoms with Crippen molar-refractivity contribution in [2.24, 2.45) is 0 Å². The lowest BCUT2D eigenvalue weighted by atomic mass is 9.39. The Morgan fingerprint density at radius 3 is 0.609 bits per heavy atom.